The molecule has 0 bridgehead atoms. The average Bonchev–Trinajstić information content (AvgIpc) is 2.38. The lowest BCUT2D eigenvalue weighted by molar-refractivity contribution is 0.865. The fourth-order valence-electron chi connectivity index (χ4n) is 1.72. The van der Waals surface area contributed by atoms with E-state index in [1.54, 1.807) is 6.20 Å². The maximum atomic E-state index is 4.28. The van der Waals surface area contributed by atoms with Gasteiger partial charge < -0.3 is 5.32 Å². The molecule has 0 fully saturated rings. The molecule has 1 N–H and O–H groups in total. The van der Waals surface area contributed by atoms with Gasteiger partial charge in [-0.2, -0.15) is 0 Å². The lowest BCUT2D eigenvalue weighted by Gasteiger charge is -2.09. The molecule has 1 aromatic heterocycles. The van der Waals surface area contributed by atoms with Crippen LogP contribution in [-0.2, 0) is 6.54 Å². The molecule has 0 aliphatic rings. The Balaban J connectivity index is 2.00. The van der Waals surface area contributed by atoms with Crippen molar-refractivity contribution in [2.24, 2.45) is 0 Å². The van der Waals surface area contributed by atoms with Gasteiger partial charge in [-0.25, -0.2) is 4.98 Å². The summed E-state index contributed by atoms with van der Waals surface area (Å²) in [5, 5.41) is 3.32. The van der Waals surface area contributed by atoms with Gasteiger partial charge in [0.2, 0.25) is 0 Å². The van der Waals surface area contributed by atoms with Crippen molar-refractivity contribution in [1.29, 1.82) is 0 Å². The first kappa shape index (κ1) is 13.1. The van der Waals surface area contributed by atoms with Crippen molar-refractivity contribution in [2.75, 3.05) is 5.32 Å². The van der Waals surface area contributed by atoms with Crippen molar-refractivity contribution in [3.05, 3.63) is 58.2 Å². The van der Waals surface area contributed by atoms with Crippen LogP contribution in [0.2, 0.25) is 0 Å². The summed E-state index contributed by atoms with van der Waals surface area (Å²) in [7, 11) is 0. The van der Waals surface area contributed by atoms with Gasteiger partial charge >= 0.3 is 0 Å². The molecule has 2 nitrogen and oxygen atoms in total. The van der Waals surface area contributed by atoms with E-state index in [2.05, 4.69) is 64.3 Å². The van der Waals surface area contributed by atoms with Gasteiger partial charge in [-0.15, -0.1) is 0 Å². The van der Waals surface area contributed by atoms with Crippen molar-refractivity contribution >= 4 is 21.7 Å². The zero-order valence-corrected chi connectivity index (χ0v) is 12.2. The standard InChI is InChI=1S/C15H17BrN2/c1-11(2)13-7-5-12(6-8-13)10-18-15-14(16)4-3-9-17-15/h3-9,11H,10H2,1-2H3,(H,17,18). The summed E-state index contributed by atoms with van der Waals surface area (Å²) in [6.45, 7) is 5.20. The number of rotatable bonds is 4. The quantitative estimate of drug-likeness (QED) is 0.894. The normalized spacial score (nSPS) is 10.7. The first-order chi connectivity index (χ1) is 8.66. The van der Waals surface area contributed by atoms with Gasteiger partial charge in [0.05, 0.1) is 4.47 Å². The van der Waals surface area contributed by atoms with E-state index in [4.69, 9.17) is 0 Å². The number of aromatic nitrogens is 1. The third-order valence-electron chi connectivity index (χ3n) is 2.86. The summed E-state index contributed by atoms with van der Waals surface area (Å²) < 4.78 is 0.990. The molecule has 1 heterocycles. The van der Waals surface area contributed by atoms with Crippen LogP contribution >= 0.6 is 15.9 Å². The van der Waals surface area contributed by atoms with Gasteiger partial charge in [-0.3, -0.25) is 0 Å². The predicted octanol–water partition coefficient (Wildman–Crippen LogP) is 4.58. The molecule has 0 atom stereocenters. The number of pyridine rings is 1. The van der Waals surface area contributed by atoms with Gasteiger partial charge in [0.15, 0.2) is 0 Å². The van der Waals surface area contributed by atoms with Gasteiger partial charge in [0, 0.05) is 12.7 Å². The van der Waals surface area contributed by atoms with Crippen molar-refractivity contribution in [3.63, 3.8) is 0 Å². The van der Waals surface area contributed by atoms with Crippen LogP contribution in [-0.4, -0.2) is 4.98 Å². The fraction of sp³-hybridized carbons (Fsp3) is 0.267. The molecule has 0 spiro atoms. The molecule has 94 valence electrons. The Bertz CT molecular complexity index is 506. The third kappa shape index (κ3) is 3.33. The second kappa shape index (κ2) is 6.01. The molecule has 0 aliphatic carbocycles. The van der Waals surface area contributed by atoms with Gasteiger partial charge in [-0.05, 0) is 45.1 Å². The summed E-state index contributed by atoms with van der Waals surface area (Å²) in [4.78, 5) is 4.28. The van der Waals surface area contributed by atoms with E-state index in [-0.39, 0.29) is 0 Å². The number of benzene rings is 1. The zero-order valence-electron chi connectivity index (χ0n) is 10.7. The lowest BCUT2D eigenvalue weighted by Crippen LogP contribution is -2.02. The molecule has 1 aromatic carbocycles. The second-order valence-corrected chi connectivity index (χ2v) is 5.44. The summed E-state index contributed by atoms with van der Waals surface area (Å²) >= 11 is 3.48. The number of hydrogen-bond donors (Lipinski definition) is 1. The number of halogens is 1. The maximum Gasteiger partial charge on any atom is 0.140 e. The predicted molar refractivity (Wildman–Crippen MR) is 79.8 cm³/mol. The molecule has 2 aromatic rings. The van der Waals surface area contributed by atoms with E-state index in [9.17, 15) is 0 Å². The van der Waals surface area contributed by atoms with Crippen LogP contribution in [0.15, 0.2) is 47.1 Å². The lowest BCUT2D eigenvalue weighted by atomic mass is 10.0. The first-order valence-corrected chi connectivity index (χ1v) is 6.89. The van der Waals surface area contributed by atoms with E-state index < -0.39 is 0 Å². The number of anilines is 1. The molecule has 3 heteroatoms. The molecule has 0 radical (unpaired) electrons. The van der Waals surface area contributed by atoms with Crippen molar-refractivity contribution < 1.29 is 0 Å². The van der Waals surface area contributed by atoms with Crippen LogP contribution in [0.3, 0.4) is 0 Å². The molecular formula is C15H17BrN2. The minimum absolute atomic E-state index is 0.581. The highest BCUT2D eigenvalue weighted by atomic mass is 79.9. The summed E-state index contributed by atoms with van der Waals surface area (Å²) in [6.07, 6.45) is 1.79. The monoisotopic (exact) mass is 304 g/mol. The Morgan fingerprint density at radius 1 is 1.17 bits per heavy atom. The van der Waals surface area contributed by atoms with Crippen LogP contribution in [0.4, 0.5) is 5.82 Å². The number of nitrogens with one attached hydrogen (secondary N) is 1. The van der Waals surface area contributed by atoms with Crippen molar-refractivity contribution in [3.8, 4) is 0 Å². The summed E-state index contributed by atoms with van der Waals surface area (Å²) in [6, 6.07) is 12.6. The Morgan fingerprint density at radius 3 is 2.50 bits per heavy atom. The summed E-state index contributed by atoms with van der Waals surface area (Å²) in [5.41, 5.74) is 2.63. The summed E-state index contributed by atoms with van der Waals surface area (Å²) in [5.74, 6) is 1.46. The molecule has 0 amide bonds. The molecule has 0 aliphatic heterocycles. The van der Waals surface area contributed by atoms with E-state index in [0.717, 1.165) is 16.8 Å². The molecule has 2 rings (SSSR count). The van der Waals surface area contributed by atoms with Crippen LogP contribution < -0.4 is 5.32 Å². The Morgan fingerprint density at radius 2 is 1.89 bits per heavy atom. The Hall–Kier alpha value is -1.35. The van der Waals surface area contributed by atoms with Crippen LogP contribution in [0.25, 0.3) is 0 Å². The molecular weight excluding hydrogens is 288 g/mol. The molecule has 0 unspecified atom stereocenters. The van der Waals surface area contributed by atoms with Crippen LogP contribution in [0, 0.1) is 0 Å². The van der Waals surface area contributed by atoms with Gasteiger partial charge in [0.1, 0.15) is 5.82 Å². The highest BCUT2D eigenvalue weighted by Gasteiger charge is 2.01. The largest absolute Gasteiger partial charge is 0.365 e. The molecule has 18 heavy (non-hydrogen) atoms. The van der Waals surface area contributed by atoms with Gasteiger partial charge in [0.25, 0.3) is 0 Å². The Kier molecular flexibility index (Phi) is 4.37. The second-order valence-electron chi connectivity index (χ2n) is 4.58. The minimum atomic E-state index is 0.581. The zero-order chi connectivity index (χ0) is 13.0. The highest BCUT2D eigenvalue weighted by Crippen LogP contribution is 2.19. The Labute approximate surface area is 117 Å². The van der Waals surface area contributed by atoms with E-state index in [1.807, 2.05) is 12.1 Å². The van der Waals surface area contributed by atoms with Crippen molar-refractivity contribution in [2.45, 2.75) is 26.3 Å². The molecule has 0 saturated heterocycles. The fourth-order valence-corrected chi connectivity index (χ4v) is 2.12. The average molecular weight is 305 g/mol. The van der Waals surface area contributed by atoms with Crippen LogP contribution in [0.1, 0.15) is 30.9 Å². The van der Waals surface area contributed by atoms with Crippen LogP contribution in [0.5, 0.6) is 0 Å². The molecule has 0 saturated carbocycles. The maximum absolute atomic E-state index is 4.28. The smallest absolute Gasteiger partial charge is 0.140 e. The number of nitrogens with zero attached hydrogens (tertiary/aromatic N) is 1. The van der Waals surface area contributed by atoms with Gasteiger partial charge in [-0.1, -0.05) is 38.1 Å². The number of hydrogen-bond acceptors (Lipinski definition) is 2. The highest BCUT2D eigenvalue weighted by molar-refractivity contribution is 9.10. The topological polar surface area (TPSA) is 24.9 Å². The van der Waals surface area contributed by atoms with Crippen molar-refractivity contribution in [1.82, 2.24) is 4.98 Å². The van der Waals surface area contributed by atoms with E-state index >= 15 is 0 Å². The SMILES string of the molecule is CC(C)c1ccc(CNc2ncccc2Br)cc1. The van der Waals surface area contributed by atoms with E-state index in [0.29, 0.717) is 5.92 Å². The minimum Gasteiger partial charge on any atom is -0.365 e. The van der Waals surface area contributed by atoms with E-state index in [1.165, 1.54) is 11.1 Å². The third-order valence-corrected chi connectivity index (χ3v) is 3.50. The first-order valence-electron chi connectivity index (χ1n) is 6.10.